The summed E-state index contributed by atoms with van der Waals surface area (Å²) < 4.78 is 10.9. The molecule has 1 amide bonds. The number of methoxy groups -OCH3 is 1. The standard InChI is InChI=1S/C19H22ClNO3/c1-13-11-15(12-14(2)19(13)20)24-10-6-9-18(22)21-16-7-4-5-8-17(16)23-3/h4-5,7-8,11-12H,6,9-10H2,1-3H3,(H,21,22). The van der Waals surface area contributed by atoms with Gasteiger partial charge in [-0.2, -0.15) is 0 Å². The van der Waals surface area contributed by atoms with Gasteiger partial charge in [0.25, 0.3) is 0 Å². The van der Waals surface area contributed by atoms with Crippen LogP contribution >= 0.6 is 11.6 Å². The van der Waals surface area contributed by atoms with Crippen LogP contribution in [0.1, 0.15) is 24.0 Å². The first kappa shape index (κ1) is 18.1. The minimum Gasteiger partial charge on any atom is -0.495 e. The van der Waals surface area contributed by atoms with E-state index in [0.29, 0.717) is 30.9 Å². The highest BCUT2D eigenvalue weighted by molar-refractivity contribution is 6.32. The molecule has 0 saturated heterocycles. The number of anilines is 1. The highest BCUT2D eigenvalue weighted by Crippen LogP contribution is 2.26. The van der Waals surface area contributed by atoms with Crippen molar-refractivity contribution in [3.63, 3.8) is 0 Å². The van der Waals surface area contributed by atoms with E-state index in [2.05, 4.69) is 5.32 Å². The molecule has 0 aliphatic heterocycles. The van der Waals surface area contributed by atoms with Crippen molar-refractivity contribution in [1.29, 1.82) is 0 Å². The van der Waals surface area contributed by atoms with Crippen LogP contribution in [-0.4, -0.2) is 19.6 Å². The average Bonchev–Trinajstić information content (AvgIpc) is 2.57. The normalized spacial score (nSPS) is 10.3. The van der Waals surface area contributed by atoms with Crippen molar-refractivity contribution >= 4 is 23.2 Å². The van der Waals surface area contributed by atoms with Gasteiger partial charge in [0.05, 0.1) is 19.4 Å². The van der Waals surface area contributed by atoms with Crippen LogP contribution in [0.5, 0.6) is 11.5 Å². The number of rotatable bonds is 7. The van der Waals surface area contributed by atoms with E-state index in [1.165, 1.54) is 0 Å². The molecule has 0 bridgehead atoms. The fourth-order valence-electron chi connectivity index (χ4n) is 2.37. The quantitative estimate of drug-likeness (QED) is 0.734. The maximum Gasteiger partial charge on any atom is 0.224 e. The Labute approximate surface area is 147 Å². The van der Waals surface area contributed by atoms with Crippen molar-refractivity contribution < 1.29 is 14.3 Å². The Kier molecular flexibility index (Phi) is 6.50. The number of nitrogens with one attached hydrogen (secondary N) is 1. The number of ether oxygens (including phenoxy) is 2. The third-order valence-corrected chi connectivity index (χ3v) is 4.20. The fourth-order valence-corrected chi connectivity index (χ4v) is 2.48. The second-order valence-electron chi connectivity index (χ2n) is 5.57. The van der Waals surface area contributed by atoms with E-state index in [4.69, 9.17) is 21.1 Å². The lowest BCUT2D eigenvalue weighted by Crippen LogP contribution is -2.13. The number of amides is 1. The third kappa shape index (κ3) is 4.90. The van der Waals surface area contributed by atoms with Crippen LogP contribution < -0.4 is 14.8 Å². The molecule has 0 unspecified atom stereocenters. The maximum absolute atomic E-state index is 12.0. The molecule has 0 aromatic heterocycles. The van der Waals surface area contributed by atoms with Crippen molar-refractivity contribution in [2.24, 2.45) is 0 Å². The second kappa shape index (κ2) is 8.60. The number of hydrogen-bond donors (Lipinski definition) is 1. The van der Waals surface area contributed by atoms with Gasteiger partial charge >= 0.3 is 0 Å². The van der Waals surface area contributed by atoms with Crippen molar-refractivity contribution in [3.05, 3.63) is 52.5 Å². The predicted molar refractivity (Wildman–Crippen MR) is 97.3 cm³/mol. The van der Waals surface area contributed by atoms with Gasteiger partial charge in [0.1, 0.15) is 11.5 Å². The van der Waals surface area contributed by atoms with Crippen molar-refractivity contribution in [1.82, 2.24) is 0 Å². The van der Waals surface area contributed by atoms with Crippen LogP contribution in [-0.2, 0) is 4.79 Å². The van der Waals surface area contributed by atoms with Gasteiger partial charge in [-0.25, -0.2) is 0 Å². The Morgan fingerprint density at radius 2 is 1.83 bits per heavy atom. The van der Waals surface area contributed by atoms with Crippen molar-refractivity contribution in [2.45, 2.75) is 26.7 Å². The van der Waals surface area contributed by atoms with Crippen molar-refractivity contribution in [2.75, 3.05) is 19.0 Å². The lowest BCUT2D eigenvalue weighted by Gasteiger charge is -2.11. The van der Waals surface area contributed by atoms with Gasteiger partial charge < -0.3 is 14.8 Å². The summed E-state index contributed by atoms with van der Waals surface area (Å²) in [7, 11) is 1.58. The molecule has 2 aromatic rings. The summed E-state index contributed by atoms with van der Waals surface area (Å²) in [6.45, 7) is 4.37. The number of hydrogen-bond acceptors (Lipinski definition) is 3. The van der Waals surface area contributed by atoms with Gasteiger partial charge in [0.2, 0.25) is 5.91 Å². The highest BCUT2D eigenvalue weighted by Gasteiger charge is 2.07. The van der Waals surface area contributed by atoms with Crippen LogP contribution in [0.4, 0.5) is 5.69 Å². The summed E-state index contributed by atoms with van der Waals surface area (Å²) in [4.78, 5) is 12.0. The number of benzene rings is 2. The van der Waals surface area contributed by atoms with Crippen LogP contribution in [0.25, 0.3) is 0 Å². The minimum atomic E-state index is -0.0634. The van der Waals surface area contributed by atoms with Gasteiger partial charge in [-0.15, -0.1) is 0 Å². The zero-order valence-corrected chi connectivity index (χ0v) is 14.9. The molecule has 0 heterocycles. The van der Waals surface area contributed by atoms with E-state index in [0.717, 1.165) is 21.9 Å². The number of para-hydroxylation sites is 2. The molecule has 24 heavy (non-hydrogen) atoms. The van der Waals surface area contributed by atoms with Crippen LogP contribution in [0.3, 0.4) is 0 Å². The summed E-state index contributed by atoms with van der Waals surface area (Å²) in [5, 5.41) is 3.61. The van der Waals surface area contributed by atoms with E-state index in [1.54, 1.807) is 7.11 Å². The predicted octanol–water partition coefficient (Wildman–Crippen LogP) is 4.76. The molecule has 0 radical (unpaired) electrons. The lowest BCUT2D eigenvalue weighted by atomic mass is 10.1. The Hall–Kier alpha value is -2.20. The second-order valence-corrected chi connectivity index (χ2v) is 5.95. The van der Waals surface area contributed by atoms with E-state index in [-0.39, 0.29) is 5.91 Å². The SMILES string of the molecule is COc1ccccc1NC(=O)CCCOc1cc(C)c(Cl)c(C)c1. The van der Waals surface area contributed by atoms with Gasteiger partial charge in [-0.3, -0.25) is 4.79 Å². The topological polar surface area (TPSA) is 47.6 Å². The molecule has 0 atom stereocenters. The zero-order valence-electron chi connectivity index (χ0n) is 14.2. The Morgan fingerprint density at radius 1 is 1.17 bits per heavy atom. The Bertz CT molecular complexity index is 693. The fraction of sp³-hybridized carbons (Fsp3) is 0.316. The molecule has 0 saturated carbocycles. The first-order chi connectivity index (χ1) is 11.5. The Balaban J connectivity index is 1.79. The van der Waals surface area contributed by atoms with E-state index in [1.807, 2.05) is 50.2 Å². The maximum atomic E-state index is 12.0. The van der Waals surface area contributed by atoms with E-state index < -0.39 is 0 Å². The van der Waals surface area contributed by atoms with Gasteiger partial charge in [-0.05, 0) is 55.7 Å². The van der Waals surface area contributed by atoms with Crippen LogP contribution in [0, 0.1) is 13.8 Å². The number of carbonyl (C=O) groups is 1. The zero-order chi connectivity index (χ0) is 17.5. The number of carbonyl (C=O) groups excluding carboxylic acids is 1. The first-order valence-electron chi connectivity index (χ1n) is 7.83. The molecule has 2 rings (SSSR count). The van der Waals surface area contributed by atoms with Crippen LogP contribution in [0.2, 0.25) is 5.02 Å². The molecule has 5 heteroatoms. The van der Waals surface area contributed by atoms with E-state index >= 15 is 0 Å². The van der Waals surface area contributed by atoms with Crippen LogP contribution in [0.15, 0.2) is 36.4 Å². The summed E-state index contributed by atoms with van der Waals surface area (Å²) in [5.41, 5.74) is 2.65. The lowest BCUT2D eigenvalue weighted by molar-refractivity contribution is -0.116. The van der Waals surface area contributed by atoms with Gasteiger partial charge in [0.15, 0.2) is 0 Å². The highest BCUT2D eigenvalue weighted by atomic mass is 35.5. The molecular formula is C19H22ClNO3. The summed E-state index contributed by atoms with van der Waals surface area (Å²) in [6, 6.07) is 11.1. The van der Waals surface area contributed by atoms with Crippen molar-refractivity contribution in [3.8, 4) is 11.5 Å². The molecule has 1 N–H and O–H groups in total. The summed E-state index contributed by atoms with van der Waals surface area (Å²) >= 11 is 6.14. The molecule has 4 nitrogen and oxygen atoms in total. The Morgan fingerprint density at radius 3 is 2.50 bits per heavy atom. The molecule has 0 spiro atoms. The average molecular weight is 348 g/mol. The summed E-state index contributed by atoms with van der Waals surface area (Å²) in [5.74, 6) is 1.36. The molecule has 2 aromatic carbocycles. The largest absolute Gasteiger partial charge is 0.495 e. The first-order valence-corrected chi connectivity index (χ1v) is 8.21. The smallest absolute Gasteiger partial charge is 0.224 e. The minimum absolute atomic E-state index is 0.0634. The number of halogens is 1. The van der Waals surface area contributed by atoms with Gasteiger partial charge in [-0.1, -0.05) is 23.7 Å². The number of aryl methyl sites for hydroxylation is 2. The van der Waals surface area contributed by atoms with Gasteiger partial charge in [0, 0.05) is 11.4 Å². The van der Waals surface area contributed by atoms with E-state index in [9.17, 15) is 4.79 Å². The molecule has 0 fully saturated rings. The monoisotopic (exact) mass is 347 g/mol. The third-order valence-electron chi connectivity index (χ3n) is 3.61. The summed E-state index contributed by atoms with van der Waals surface area (Å²) in [6.07, 6.45) is 1.01. The molecule has 128 valence electrons. The molecule has 0 aliphatic rings. The molecular weight excluding hydrogens is 326 g/mol. The molecule has 0 aliphatic carbocycles.